The molecule has 4 heterocycles. The normalized spacial score (nSPS) is 17.4. The number of para-hydroxylation sites is 1. The number of benzene rings is 1. The van der Waals surface area contributed by atoms with E-state index in [1.807, 2.05) is 36.4 Å². The fourth-order valence-corrected chi connectivity index (χ4v) is 3.71. The third-order valence-corrected chi connectivity index (χ3v) is 5.01. The minimum Gasteiger partial charge on any atom is -0.345 e. The van der Waals surface area contributed by atoms with Gasteiger partial charge >= 0.3 is 0 Å². The molecule has 1 unspecified atom stereocenters. The van der Waals surface area contributed by atoms with Crippen molar-refractivity contribution in [2.75, 3.05) is 11.4 Å². The molecule has 0 N–H and O–H groups in total. The molecule has 0 bridgehead atoms. The lowest BCUT2D eigenvalue weighted by Crippen LogP contribution is -2.31. The van der Waals surface area contributed by atoms with E-state index in [1.54, 1.807) is 22.5 Å². The predicted molar refractivity (Wildman–Crippen MR) is 97.1 cm³/mol. The molecule has 8 nitrogen and oxygen atoms in total. The molecule has 1 atom stereocenters. The van der Waals surface area contributed by atoms with Gasteiger partial charge in [0.15, 0.2) is 5.65 Å². The molecule has 0 amide bonds. The molecule has 1 aliphatic rings. The number of fused-ring (bicyclic) bond motifs is 2. The van der Waals surface area contributed by atoms with Crippen LogP contribution in [0.3, 0.4) is 0 Å². The summed E-state index contributed by atoms with van der Waals surface area (Å²) in [6, 6.07) is 11.3. The lowest BCUT2D eigenvalue weighted by atomic mass is 10.1. The smallest absolute Gasteiger partial charge is 0.261 e. The Labute approximate surface area is 148 Å². The van der Waals surface area contributed by atoms with E-state index in [4.69, 9.17) is 4.98 Å². The van der Waals surface area contributed by atoms with Crippen molar-refractivity contribution in [2.45, 2.75) is 18.9 Å². The van der Waals surface area contributed by atoms with Gasteiger partial charge in [0.25, 0.3) is 5.56 Å². The van der Waals surface area contributed by atoms with Crippen molar-refractivity contribution in [3.63, 3.8) is 0 Å². The Hall–Kier alpha value is -3.29. The second-order valence-electron chi connectivity index (χ2n) is 6.53. The highest BCUT2D eigenvalue weighted by Crippen LogP contribution is 2.34. The molecule has 5 rings (SSSR count). The van der Waals surface area contributed by atoms with E-state index in [0.29, 0.717) is 11.0 Å². The average Bonchev–Trinajstić information content (AvgIpc) is 3.33. The first kappa shape index (κ1) is 15.0. The number of hydrogen-bond acceptors (Lipinski definition) is 6. The van der Waals surface area contributed by atoms with E-state index in [9.17, 15) is 4.79 Å². The van der Waals surface area contributed by atoms with Crippen LogP contribution in [0, 0.1) is 0 Å². The maximum absolute atomic E-state index is 12.8. The van der Waals surface area contributed by atoms with E-state index in [0.717, 1.165) is 36.5 Å². The molecular weight excluding hydrogens is 330 g/mol. The van der Waals surface area contributed by atoms with Crippen LogP contribution in [0.2, 0.25) is 0 Å². The van der Waals surface area contributed by atoms with Crippen molar-refractivity contribution in [1.82, 2.24) is 29.4 Å². The van der Waals surface area contributed by atoms with E-state index in [-0.39, 0.29) is 11.6 Å². The molecule has 130 valence electrons. The minimum atomic E-state index is -0.0142. The third-order valence-electron chi connectivity index (χ3n) is 5.01. The highest BCUT2D eigenvalue weighted by Gasteiger charge is 2.31. The van der Waals surface area contributed by atoms with Gasteiger partial charge in [-0.1, -0.05) is 12.1 Å². The molecule has 26 heavy (non-hydrogen) atoms. The molecule has 0 saturated carbocycles. The van der Waals surface area contributed by atoms with Crippen LogP contribution in [0.25, 0.3) is 16.6 Å². The van der Waals surface area contributed by atoms with Crippen molar-refractivity contribution in [3.05, 3.63) is 58.9 Å². The molecule has 1 aromatic carbocycles. The van der Waals surface area contributed by atoms with Crippen molar-refractivity contribution in [2.24, 2.45) is 7.05 Å². The summed E-state index contributed by atoms with van der Waals surface area (Å²) in [6.45, 7) is 0.869. The molecular formula is C18H17N7O. The van der Waals surface area contributed by atoms with Gasteiger partial charge in [-0.25, -0.2) is 4.98 Å². The number of rotatable bonds is 2. The van der Waals surface area contributed by atoms with Crippen LogP contribution in [0.1, 0.15) is 24.7 Å². The monoisotopic (exact) mass is 347 g/mol. The Morgan fingerprint density at radius 2 is 2.04 bits per heavy atom. The quantitative estimate of drug-likeness (QED) is 0.549. The fourth-order valence-electron chi connectivity index (χ4n) is 3.71. The number of aromatic nitrogens is 6. The van der Waals surface area contributed by atoms with Gasteiger partial charge < -0.3 is 4.90 Å². The number of hydrogen-bond donors (Lipinski definition) is 0. The summed E-state index contributed by atoms with van der Waals surface area (Å²) in [4.78, 5) is 19.8. The fraction of sp³-hybridized carbons (Fsp3) is 0.278. The summed E-state index contributed by atoms with van der Waals surface area (Å²) < 4.78 is 3.33. The van der Waals surface area contributed by atoms with Crippen molar-refractivity contribution < 1.29 is 0 Å². The molecule has 4 aromatic rings. The summed E-state index contributed by atoms with van der Waals surface area (Å²) in [6.07, 6.45) is 3.55. The Bertz CT molecular complexity index is 1180. The number of anilines is 1. The SMILES string of the molecule is Cn1c(C2CCCN2c2ccc3nncn3n2)nc2ccccc2c1=O. The Kier molecular flexibility index (Phi) is 3.24. The molecule has 1 fully saturated rings. The standard InChI is InChI=1S/C18H17N7O/c1-23-17(20-13-6-3-2-5-12(13)18(23)26)14-7-4-10-24(14)16-9-8-15-21-19-11-25(15)22-16/h2-3,5-6,8-9,11,14H,4,7,10H2,1H3. The Morgan fingerprint density at radius 3 is 2.96 bits per heavy atom. The van der Waals surface area contributed by atoms with Crippen LogP contribution in [0.15, 0.2) is 47.5 Å². The summed E-state index contributed by atoms with van der Waals surface area (Å²) in [5.74, 6) is 1.61. The van der Waals surface area contributed by atoms with E-state index < -0.39 is 0 Å². The molecule has 1 aliphatic heterocycles. The highest BCUT2D eigenvalue weighted by atomic mass is 16.1. The van der Waals surface area contributed by atoms with Crippen LogP contribution in [0.5, 0.6) is 0 Å². The second kappa shape index (κ2) is 5.62. The molecule has 0 radical (unpaired) electrons. The highest BCUT2D eigenvalue weighted by molar-refractivity contribution is 5.77. The van der Waals surface area contributed by atoms with Gasteiger partial charge in [-0.15, -0.1) is 15.3 Å². The largest absolute Gasteiger partial charge is 0.345 e. The lowest BCUT2D eigenvalue weighted by Gasteiger charge is -2.26. The first-order valence-corrected chi connectivity index (χ1v) is 8.62. The first-order valence-electron chi connectivity index (χ1n) is 8.62. The van der Waals surface area contributed by atoms with Gasteiger partial charge in [-0.05, 0) is 37.1 Å². The summed E-state index contributed by atoms with van der Waals surface area (Å²) in [5.41, 5.74) is 1.43. The van der Waals surface area contributed by atoms with Crippen molar-refractivity contribution in [3.8, 4) is 0 Å². The van der Waals surface area contributed by atoms with Crippen LogP contribution >= 0.6 is 0 Å². The van der Waals surface area contributed by atoms with Crippen LogP contribution in [0.4, 0.5) is 5.82 Å². The van der Waals surface area contributed by atoms with Crippen LogP contribution in [-0.4, -0.2) is 35.9 Å². The van der Waals surface area contributed by atoms with Gasteiger partial charge in [-0.2, -0.15) is 4.52 Å². The Balaban J connectivity index is 1.63. The zero-order chi connectivity index (χ0) is 17.7. The first-order chi connectivity index (χ1) is 12.7. The van der Waals surface area contributed by atoms with E-state index in [2.05, 4.69) is 20.2 Å². The maximum atomic E-state index is 12.8. The zero-order valence-corrected chi connectivity index (χ0v) is 14.3. The number of nitrogens with zero attached hydrogens (tertiary/aromatic N) is 7. The zero-order valence-electron chi connectivity index (χ0n) is 14.3. The van der Waals surface area contributed by atoms with Crippen LogP contribution < -0.4 is 10.5 Å². The maximum Gasteiger partial charge on any atom is 0.261 e. The van der Waals surface area contributed by atoms with Gasteiger partial charge in [0.1, 0.15) is 18.0 Å². The van der Waals surface area contributed by atoms with Gasteiger partial charge in [0.2, 0.25) is 0 Å². The molecule has 1 saturated heterocycles. The Morgan fingerprint density at radius 1 is 1.15 bits per heavy atom. The van der Waals surface area contributed by atoms with Gasteiger partial charge in [0.05, 0.1) is 16.9 Å². The molecule has 0 aliphatic carbocycles. The molecule has 0 spiro atoms. The van der Waals surface area contributed by atoms with Crippen LogP contribution in [-0.2, 0) is 7.05 Å². The minimum absolute atomic E-state index is 0.0127. The van der Waals surface area contributed by atoms with Gasteiger partial charge in [0, 0.05) is 13.6 Å². The van der Waals surface area contributed by atoms with Crippen molar-refractivity contribution >= 4 is 22.4 Å². The van der Waals surface area contributed by atoms with Crippen molar-refractivity contribution in [1.29, 1.82) is 0 Å². The third kappa shape index (κ3) is 2.18. The lowest BCUT2D eigenvalue weighted by molar-refractivity contribution is 0.604. The summed E-state index contributed by atoms with van der Waals surface area (Å²) >= 11 is 0. The van der Waals surface area contributed by atoms with Gasteiger partial charge in [-0.3, -0.25) is 9.36 Å². The van der Waals surface area contributed by atoms with E-state index >= 15 is 0 Å². The summed E-state index contributed by atoms with van der Waals surface area (Å²) in [5, 5.41) is 13.1. The summed E-state index contributed by atoms with van der Waals surface area (Å²) in [7, 11) is 1.80. The topological polar surface area (TPSA) is 81.2 Å². The average molecular weight is 347 g/mol. The molecule has 8 heteroatoms. The predicted octanol–water partition coefficient (Wildman–Crippen LogP) is 1.71. The van der Waals surface area contributed by atoms with E-state index in [1.165, 1.54) is 0 Å². The molecule has 3 aromatic heterocycles. The second-order valence-corrected chi connectivity index (χ2v) is 6.53.